The van der Waals surface area contributed by atoms with Gasteiger partial charge in [0.2, 0.25) is 5.65 Å². The molecule has 0 radical (unpaired) electrons. The Kier molecular flexibility index (Phi) is 4.76. The molecule has 1 aromatic carbocycles. The summed E-state index contributed by atoms with van der Waals surface area (Å²) in [5, 5.41) is 12.5. The second kappa shape index (κ2) is 7.97. The van der Waals surface area contributed by atoms with Gasteiger partial charge in [0.05, 0.1) is 29.6 Å². The van der Waals surface area contributed by atoms with Crippen LogP contribution in [0.2, 0.25) is 0 Å². The highest BCUT2D eigenvalue weighted by molar-refractivity contribution is 5.85. The Hall–Kier alpha value is -4.67. The Labute approximate surface area is 197 Å². The number of aromatic nitrogens is 9. The fourth-order valence-electron chi connectivity index (χ4n) is 4.10. The second-order valence-corrected chi connectivity index (χ2v) is 8.13. The SMILES string of the molecule is CC(c1c(F)cc2ncc(-c3cnn(C)c3)cc2c1F)n1nnc2ncc(-c3ccncc3)nc21. The lowest BCUT2D eigenvalue weighted by Gasteiger charge is -2.16. The van der Waals surface area contributed by atoms with Crippen molar-refractivity contribution in [3.63, 3.8) is 0 Å². The zero-order valence-corrected chi connectivity index (χ0v) is 18.6. The van der Waals surface area contributed by atoms with Crippen LogP contribution in [0.15, 0.2) is 61.4 Å². The standard InChI is InChI=1S/C24H17F2N9/c1-13(35-24-23(32-33-35)29-11-20(31-24)14-3-5-27-6-4-14)21-18(25)8-19-17(22(21)26)7-15(9-28-19)16-10-30-34(2)12-16/h3-13H,1-2H3. The van der Waals surface area contributed by atoms with Crippen molar-refractivity contribution in [3.8, 4) is 22.4 Å². The van der Waals surface area contributed by atoms with E-state index < -0.39 is 17.7 Å². The molecule has 6 aromatic rings. The molecule has 0 spiro atoms. The van der Waals surface area contributed by atoms with Crippen LogP contribution >= 0.6 is 0 Å². The molecule has 0 saturated carbocycles. The van der Waals surface area contributed by atoms with Crippen molar-refractivity contribution < 1.29 is 8.78 Å². The topological polar surface area (TPSA) is 100 Å². The summed E-state index contributed by atoms with van der Waals surface area (Å²) in [5.41, 5.74) is 3.46. The molecule has 1 atom stereocenters. The molecule has 5 heterocycles. The predicted octanol–water partition coefficient (Wildman–Crippen LogP) is 4.12. The number of hydrogen-bond donors (Lipinski definition) is 0. The summed E-state index contributed by atoms with van der Waals surface area (Å²) < 4.78 is 34.0. The molecular formula is C24H17F2N9. The maximum absolute atomic E-state index is 15.8. The van der Waals surface area contributed by atoms with Gasteiger partial charge in [0.1, 0.15) is 11.6 Å². The number of nitrogens with zero attached hydrogens (tertiary/aromatic N) is 9. The quantitative estimate of drug-likeness (QED) is 0.383. The number of pyridine rings is 2. The third-order valence-corrected chi connectivity index (χ3v) is 5.90. The number of benzene rings is 1. The van der Waals surface area contributed by atoms with Gasteiger partial charge in [-0.25, -0.2) is 23.4 Å². The van der Waals surface area contributed by atoms with Crippen LogP contribution in [-0.4, -0.2) is 44.7 Å². The highest BCUT2D eigenvalue weighted by Crippen LogP contribution is 2.32. The molecule has 9 nitrogen and oxygen atoms in total. The third-order valence-electron chi connectivity index (χ3n) is 5.90. The fraction of sp³-hybridized carbons (Fsp3) is 0.125. The van der Waals surface area contributed by atoms with E-state index in [0.717, 1.165) is 11.1 Å². The molecule has 1 unspecified atom stereocenters. The van der Waals surface area contributed by atoms with E-state index in [9.17, 15) is 0 Å². The number of aryl methyl sites for hydroxylation is 1. The Morgan fingerprint density at radius 2 is 1.77 bits per heavy atom. The summed E-state index contributed by atoms with van der Waals surface area (Å²) in [6.45, 7) is 1.64. The summed E-state index contributed by atoms with van der Waals surface area (Å²) in [6, 6.07) is 5.61. The van der Waals surface area contributed by atoms with Gasteiger partial charge in [0.15, 0.2) is 5.65 Å². The van der Waals surface area contributed by atoms with E-state index in [1.807, 2.05) is 0 Å². The van der Waals surface area contributed by atoms with Gasteiger partial charge in [-0.1, -0.05) is 5.21 Å². The first-order valence-electron chi connectivity index (χ1n) is 10.7. The largest absolute Gasteiger partial charge is 0.275 e. The number of hydrogen-bond acceptors (Lipinski definition) is 7. The zero-order chi connectivity index (χ0) is 24.1. The molecule has 0 bridgehead atoms. The highest BCUT2D eigenvalue weighted by Gasteiger charge is 2.25. The van der Waals surface area contributed by atoms with E-state index in [1.165, 1.54) is 10.7 Å². The van der Waals surface area contributed by atoms with Gasteiger partial charge >= 0.3 is 0 Å². The van der Waals surface area contributed by atoms with Gasteiger partial charge in [-0.2, -0.15) is 5.10 Å². The molecule has 6 rings (SSSR count). The average Bonchev–Trinajstić information content (AvgIpc) is 3.50. The summed E-state index contributed by atoms with van der Waals surface area (Å²) in [6.07, 6.45) is 9.90. The van der Waals surface area contributed by atoms with Crippen molar-refractivity contribution in [1.29, 1.82) is 0 Å². The number of rotatable bonds is 4. The van der Waals surface area contributed by atoms with Gasteiger partial charge in [-0.3, -0.25) is 14.6 Å². The van der Waals surface area contributed by atoms with Crippen molar-refractivity contribution in [3.05, 3.63) is 78.6 Å². The van der Waals surface area contributed by atoms with Gasteiger partial charge in [-0.05, 0) is 25.1 Å². The van der Waals surface area contributed by atoms with E-state index in [2.05, 4.69) is 35.3 Å². The van der Waals surface area contributed by atoms with Crippen molar-refractivity contribution in [2.75, 3.05) is 0 Å². The van der Waals surface area contributed by atoms with E-state index in [-0.39, 0.29) is 22.1 Å². The van der Waals surface area contributed by atoms with E-state index in [1.54, 1.807) is 74.0 Å². The van der Waals surface area contributed by atoms with Crippen molar-refractivity contribution in [1.82, 2.24) is 44.7 Å². The number of fused-ring (bicyclic) bond motifs is 2. The first-order chi connectivity index (χ1) is 17.0. The third kappa shape index (κ3) is 3.48. The smallest absolute Gasteiger partial charge is 0.221 e. The van der Waals surface area contributed by atoms with Gasteiger partial charge in [0.25, 0.3) is 0 Å². The van der Waals surface area contributed by atoms with E-state index in [4.69, 9.17) is 0 Å². The normalized spacial score (nSPS) is 12.5. The van der Waals surface area contributed by atoms with Crippen LogP contribution in [0.1, 0.15) is 18.5 Å². The Morgan fingerprint density at radius 3 is 2.54 bits per heavy atom. The lowest BCUT2D eigenvalue weighted by atomic mass is 10.0. The molecule has 0 fully saturated rings. The average molecular weight is 469 g/mol. The highest BCUT2D eigenvalue weighted by atomic mass is 19.1. The van der Waals surface area contributed by atoms with Crippen molar-refractivity contribution in [2.24, 2.45) is 7.05 Å². The molecule has 35 heavy (non-hydrogen) atoms. The van der Waals surface area contributed by atoms with Crippen molar-refractivity contribution in [2.45, 2.75) is 13.0 Å². The van der Waals surface area contributed by atoms with E-state index in [0.29, 0.717) is 16.9 Å². The maximum atomic E-state index is 15.8. The van der Waals surface area contributed by atoms with Crippen LogP contribution in [0, 0.1) is 11.6 Å². The first kappa shape index (κ1) is 20.9. The lowest BCUT2D eigenvalue weighted by molar-refractivity contribution is 0.484. The molecule has 5 aromatic heterocycles. The van der Waals surface area contributed by atoms with Crippen LogP contribution in [0.4, 0.5) is 8.78 Å². The van der Waals surface area contributed by atoms with Crippen molar-refractivity contribution >= 4 is 22.2 Å². The minimum absolute atomic E-state index is 0.162. The minimum atomic E-state index is -0.853. The molecule has 0 saturated heterocycles. The summed E-state index contributed by atoms with van der Waals surface area (Å²) in [4.78, 5) is 17.2. The predicted molar refractivity (Wildman–Crippen MR) is 124 cm³/mol. The van der Waals surface area contributed by atoms with Crippen LogP contribution in [-0.2, 0) is 7.05 Å². The second-order valence-electron chi connectivity index (χ2n) is 8.13. The van der Waals surface area contributed by atoms with Crippen LogP contribution in [0.25, 0.3) is 44.6 Å². The fourth-order valence-corrected chi connectivity index (χ4v) is 4.10. The maximum Gasteiger partial charge on any atom is 0.221 e. The first-order valence-corrected chi connectivity index (χ1v) is 10.7. The van der Waals surface area contributed by atoms with Gasteiger partial charge < -0.3 is 0 Å². The van der Waals surface area contributed by atoms with Gasteiger partial charge in [-0.15, -0.1) is 5.10 Å². The molecule has 0 aliphatic carbocycles. The summed E-state index contributed by atoms with van der Waals surface area (Å²) in [7, 11) is 1.79. The zero-order valence-electron chi connectivity index (χ0n) is 18.6. The Bertz CT molecular complexity index is 1710. The summed E-state index contributed by atoms with van der Waals surface area (Å²) >= 11 is 0. The molecule has 0 amide bonds. The van der Waals surface area contributed by atoms with E-state index >= 15 is 8.78 Å². The van der Waals surface area contributed by atoms with Crippen LogP contribution in [0.5, 0.6) is 0 Å². The molecule has 11 heteroatoms. The van der Waals surface area contributed by atoms with Crippen LogP contribution in [0.3, 0.4) is 0 Å². The Morgan fingerprint density at radius 1 is 0.943 bits per heavy atom. The molecule has 0 aliphatic rings. The minimum Gasteiger partial charge on any atom is -0.275 e. The monoisotopic (exact) mass is 469 g/mol. The Balaban J connectivity index is 1.48. The van der Waals surface area contributed by atoms with Crippen LogP contribution < -0.4 is 0 Å². The lowest BCUT2D eigenvalue weighted by Crippen LogP contribution is -2.14. The number of halogens is 2. The molecule has 0 N–H and O–H groups in total. The summed E-state index contributed by atoms with van der Waals surface area (Å²) in [5.74, 6) is -1.45. The molecule has 0 aliphatic heterocycles. The molecular weight excluding hydrogens is 452 g/mol. The van der Waals surface area contributed by atoms with Gasteiger partial charge in [0, 0.05) is 65.5 Å². The molecule has 172 valence electrons.